The summed E-state index contributed by atoms with van der Waals surface area (Å²) < 4.78 is 0. The maximum Gasteiger partial charge on any atom is 0.164 e. The van der Waals surface area contributed by atoms with E-state index in [1.54, 1.807) is 0 Å². The molecule has 0 bridgehead atoms. The smallest absolute Gasteiger partial charge is 0.164 e. The van der Waals surface area contributed by atoms with Crippen LogP contribution in [-0.4, -0.2) is 15.0 Å². The summed E-state index contributed by atoms with van der Waals surface area (Å²) in [5, 5.41) is 7.25. The molecule has 2 aliphatic rings. The topological polar surface area (TPSA) is 38.7 Å². The van der Waals surface area contributed by atoms with Gasteiger partial charge in [0, 0.05) is 16.7 Å². The molecule has 282 valence electrons. The molecule has 1 spiro atoms. The minimum atomic E-state index is -0.388. The lowest BCUT2D eigenvalue weighted by Crippen LogP contribution is -2.25. The molecule has 0 amide bonds. The lowest BCUT2D eigenvalue weighted by Gasteiger charge is -2.30. The van der Waals surface area contributed by atoms with Crippen molar-refractivity contribution in [1.82, 2.24) is 15.0 Å². The van der Waals surface area contributed by atoms with Crippen LogP contribution in [0.15, 0.2) is 212 Å². The van der Waals surface area contributed by atoms with E-state index in [2.05, 4.69) is 176 Å². The molecule has 61 heavy (non-hydrogen) atoms. The number of hydrogen-bond acceptors (Lipinski definition) is 3. The van der Waals surface area contributed by atoms with E-state index in [-0.39, 0.29) is 5.41 Å². The summed E-state index contributed by atoms with van der Waals surface area (Å²) in [6.07, 6.45) is 0. The molecule has 3 heteroatoms. The predicted octanol–water partition coefficient (Wildman–Crippen LogP) is 14.3. The fourth-order valence-electron chi connectivity index (χ4n) is 10.5. The van der Waals surface area contributed by atoms with Gasteiger partial charge in [-0.2, -0.15) is 0 Å². The third kappa shape index (κ3) is 4.89. The Hall–Kier alpha value is -8.01. The minimum absolute atomic E-state index is 0.388. The maximum atomic E-state index is 5.08. The van der Waals surface area contributed by atoms with Crippen molar-refractivity contribution in [3.63, 3.8) is 0 Å². The van der Waals surface area contributed by atoms with Crippen molar-refractivity contribution < 1.29 is 0 Å². The molecule has 0 atom stereocenters. The zero-order chi connectivity index (χ0) is 40.1. The van der Waals surface area contributed by atoms with Crippen molar-refractivity contribution in [2.45, 2.75) is 5.41 Å². The maximum absolute atomic E-state index is 5.08. The Morgan fingerprint density at radius 1 is 0.230 bits per heavy atom. The van der Waals surface area contributed by atoms with Crippen LogP contribution in [0.2, 0.25) is 0 Å². The van der Waals surface area contributed by atoms with Crippen LogP contribution in [0, 0.1) is 0 Å². The van der Waals surface area contributed by atoms with E-state index in [9.17, 15) is 0 Å². The van der Waals surface area contributed by atoms with Gasteiger partial charge >= 0.3 is 0 Å². The summed E-state index contributed by atoms with van der Waals surface area (Å²) in [6.45, 7) is 0. The number of nitrogens with zero attached hydrogens (tertiary/aromatic N) is 3. The van der Waals surface area contributed by atoms with E-state index in [4.69, 9.17) is 15.0 Å². The van der Waals surface area contributed by atoms with Crippen LogP contribution in [0.25, 0.3) is 99.9 Å². The first-order chi connectivity index (χ1) is 30.2. The monoisotopic (exact) mass is 773 g/mol. The third-order valence-electron chi connectivity index (χ3n) is 13.1. The summed E-state index contributed by atoms with van der Waals surface area (Å²) in [4.78, 5) is 15.1. The second-order valence-electron chi connectivity index (χ2n) is 16.3. The molecule has 1 heterocycles. The zero-order valence-corrected chi connectivity index (χ0v) is 33.0. The van der Waals surface area contributed by atoms with Crippen LogP contribution in [0.1, 0.15) is 22.3 Å². The number of hydrogen-bond donors (Lipinski definition) is 0. The molecule has 0 N–H and O–H groups in total. The summed E-state index contributed by atoms with van der Waals surface area (Å²) in [5.74, 6) is 1.96. The average Bonchev–Trinajstić information content (AvgIpc) is 3.81. The lowest BCUT2D eigenvalue weighted by molar-refractivity contribution is 0.794. The highest BCUT2D eigenvalue weighted by Gasteiger charge is 2.51. The van der Waals surface area contributed by atoms with Crippen molar-refractivity contribution in [2.24, 2.45) is 0 Å². The Labute approximate surface area is 353 Å². The Bertz CT molecular complexity index is 3470. The second kappa shape index (κ2) is 13.0. The first-order valence-corrected chi connectivity index (χ1v) is 20.9. The summed E-state index contributed by atoms with van der Waals surface area (Å²) in [5.41, 5.74) is 15.5. The zero-order valence-electron chi connectivity index (χ0n) is 33.0. The van der Waals surface area contributed by atoms with Gasteiger partial charge in [0.05, 0.1) is 5.41 Å². The van der Waals surface area contributed by atoms with Crippen LogP contribution in [0.3, 0.4) is 0 Å². The normalized spacial score (nSPS) is 13.0. The molecule has 0 fully saturated rings. The summed E-state index contributed by atoms with van der Waals surface area (Å²) >= 11 is 0. The van der Waals surface area contributed by atoms with Crippen LogP contribution < -0.4 is 0 Å². The van der Waals surface area contributed by atoms with Gasteiger partial charge < -0.3 is 0 Å². The molecular weight excluding hydrogens is 739 g/mol. The molecule has 3 nitrogen and oxygen atoms in total. The Morgan fingerprint density at radius 3 is 1.15 bits per heavy atom. The lowest BCUT2D eigenvalue weighted by atomic mass is 9.70. The molecule has 0 aliphatic heterocycles. The molecule has 0 saturated heterocycles. The molecule has 13 rings (SSSR count). The van der Waals surface area contributed by atoms with E-state index in [0.717, 1.165) is 16.7 Å². The molecule has 10 aromatic carbocycles. The van der Waals surface area contributed by atoms with Gasteiger partial charge in [-0.1, -0.05) is 194 Å². The molecule has 0 radical (unpaired) electrons. The Morgan fingerprint density at radius 2 is 0.590 bits per heavy atom. The van der Waals surface area contributed by atoms with Crippen LogP contribution in [-0.2, 0) is 5.41 Å². The predicted molar refractivity (Wildman–Crippen MR) is 250 cm³/mol. The Balaban J connectivity index is 1.01. The van der Waals surface area contributed by atoms with E-state index < -0.39 is 0 Å². The largest absolute Gasteiger partial charge is 0.208 e. The van der Waals surface area contributed by atoms with Gasteiger partial charge in [-0.15, -0.1) is 0 Å². The van der Waals surface area contributed by atoms with Gasteiger partial charge in [-0.05, 0) is 106 Å². The minimum Gasteiger partial charge on any atom is -0.208 e. The SMILES string of the molecule is c1ccc(-c2nc(-c3ccccc3)nc(-c3ccc4c5cc(-c6ccc7c(c6)C6(c8ccccc8-c8ccccc86)c6ccccc6-7)ccc5c5ccccc5c4c3)n2)cc1. The van der Waals surface area contributed by atoms with Gasteiger partial charge in [-0.3, -0.25) is 0 Å². The number of aromatic nitrogens is 3. The fourth-order valence-corrected chi connectivity index (χ4v) is 10.5. The highest BCUT2D eigenvalue weighted by Crippen LogP contribution is 2.63. The number of benzene rings is 10. The second-order valence-corrected chi connectivity index (χ2v) is 16.3. The highest BCUT2D eigenvalue weighted by molar-refractivity contribution is 6.26. The molecule has 2 aliphatic carbocycles. The van der Waals surface area contributed by atoms with Crippen LogP contribution >= 0.6 is 0 Å². The van der Waals surface area contributed by atoms with Crippen molar-refractivity contribution >= 4 is 32.3 Å². The number of fused-ring (bicyclic) bond motifs is 16. The van der Waals surface area contributed by atoms with Gasteiger partial charge in [-0.25, -0.2) is 15.0 Å². The first kappa shape index (κ1) is 33.9. The van der Waals surface area contributed by atoms with Gasteiger partial charge in [0.15, 0.2) is 17.5 Å². The number of rotatable bonds is 4. The van der Waals surface area contributed by atoms with Crippen molar-refractivity contribution in [1.29, 1.82) is 0 Å². The van der Waals surface area contributed by atoms with Crippen molar-refractivity contribution in [2.75, 3.05) is 0 Å². The fraction of sp³-hybridized carbons (Fsp3) is 0.0172. The molecule has 0 saturated carbocycles. The molecule has 0 unspecified atom stereocenters. The van der Waals surface area contributed by atoms with E-state index in [0.29, 0.717) is 17.5 Å². The summed E-state index contributed by atoms with van der Waals surface area (Å²) in [6, 6.07) is 77.0. The highest BCUT2D eigenvalue weighted by atomic mass is 15.0. The molecule has 1 aromatic heterocycles. The van der Waals surface area contributed by atoms with E-state index >= 15 is 0 Å². The first-order valence-electron chi connectivity index (χ1n) is 20.9. The van der Waals surface area contributed by atoms with Gasteiger partial charge in [0.1, 0.15) is 0 Å². The van der Waals surface area contributed by atoms with Gasteiger partial charge in [0.2, 0.25) is 0 Å². The van der Waals surface area contributed by atoms with Crippen molar-refractivity contribution in [3.05, 3.63) is 235 Å². The van der Waals surface area contributed by atoms with Crippen molar-refractivity contribution in [3.8, 4) is 67.5 Å². The quantitative estimate of drug-likeness (QED) is 0.167. The van der Waals surface area contributed by atoms with Gasteiger partial charge in [0.25, 0.3) is 0 Å². The Kier molecular flexibility index (Phi) is 7.22. The van der Waals surface area contributed by atoms with Crippen LogP contribution in [0.4, 0.5) is 0 Å². The summed E-state index contributed by atoms with van der Waals surface area (Å²) in [7, 11) is 0. The third-order valence-corrected chi connectivity index (χ3v) is 13.1. The molecule has 11 aromatic rings. The standard InChI is InChI=1S/C58H35N3/c1-3-15-36(16-4-1)55-59-56(37-17-5-2-6-18-37)61-57(60-55)40-29-31-44-49-33-38(27-30-43(49)41-19-7-8-20-42(41)50(44)34-40)39-28-32-48-47-23-11-14-26-53(47)58(54(48)35-39)51-24-12-9-21-45(51)46-22-10-13-25-52(46)58/h1-35H. The average molecular weight is 774 g/mol. The van der Waals surface area contributed by atoms with Crippen LogP contribution in [0.5, 0.6) is 0 Å². The van der Waals surface area contributed by atoms with E-state index in [1.165, 1.54) is 88.0 Å². The van der Waals surface area contributed by atoms with E-state index in [1.807, 2.05) is 36.4 Å². The molecular formula is C58H35N3.